The molecule has 0 bridgehead atoms. The number of alkyl halides is 2. The number of anilines is 1. The molecule has 0 aliphatic carbocycles. The number of benzene rings is 1. The van der Waals surface area contributed by atoms with E-state index in [0.717, 1.165) is 24.2 Å². The first kappa shape index (κ1) is 15.6. The van der Waals surface area contributed by atoms with E-state index in [2.05, 4.69) is 15.7 Å². The van der Waals surface area contributed by atoms with E-state index in [1.165, 1.54) is 17.3 Å². The van der Waals surface area contributed by atoms with Gasteiger partial charge in [0.25, 0.3) is 12.3 Å². The Hall–Kier alpha value is -2.28. The molecule has 1 aliphatic heterocycles. The van der Waals surface area contributed by atoms with Crippen molar-refractivity contribution in [2.45, 2.75) is 32.9 Å². The van der Waals surface area contributed by atoms with E-state index in [0.29, 0.717) is 16.9 Å². The summed E-state index contributed by atoms with van der Waals surface area (Å²) in [5, 5.41) is 10.0. The van der Waals surface area contributed by atoms with Gasteiger partial charge in [0.05, 0.1) is 11.3 Å². The van der Waals surface area contributed by atoms with Crippen molar-refractivity contribution in [2.24, 2.45) is 0 Å². The zero-order chi connectivity index (χ0) is 16.4. The molecule has 1 aromatic heterocycles. The lowest BCUT2D eigenvalue weighted by atomic mass is 10.0. The molecule has 1 aromatic carbocycles. The molecule has 0 saturated carbocycles. The Kier molecular flexibility index (Phi) is 4.38. The van der Waals surface area contributed by atoms with Gasteiger partial charge in [-0.25, -0.2) is 8.78 Å². The number of hydrogen-bond acceptors (Lipinski definition) is 3. The van der Waals surface area contributed by atoms with E-state index in [9.17, 15) is 13.6 Å². The minimum atomic E-state index is -2.50. The quantitative estimate of drug-likeness (QED) is 0.909. The van der Waals surface area contributed by atoms with E-state index >= 15 is 0 Å². The summed E-state index contributed by atoms with van der Waals surface area (Å²) in [5.74, 6) is -0.341. The van der Waals surface area contributed by atoms with Gasteiger partial charge in [0, 0.05) is 18.4 Å². The average Bonchev–Trinajstić information content (AvgIpc) is 2.87. The standard InChI is InChI=1S/C16H18F2N4O/c1-10-14(8-22(21-10)9-15(17)18)16(23)20-13-3-2-11-4-5-19-7-12(11)6-13/h2-3,6,8,15,19H,4-5,7,9H2,1H3,(H,20,23). The molecule has 0 unspecified atom stereocenters. The molecule has 0 saturated heterocycles. The first-order valence-corrected chi connectivity index (χ1v) is 7.49. The molecule has 2 heterocycles. The molecule has 0 radical (unpaired) electrons. The van der Waals surface area contributed by atoms with Crippen LogP contribution in [-0.2, 0) is 19.5 Å². The lowest BCUT2D eigenvalue weighted by molar-refractivity contribution is 0.102. The number of rotatable bonds is 4. The molecule has 3 rings (SSSR count). The lowest BCUT2D eigenvalue weighted by Crippen LogP contribution is -2.23. The van der Waals surface area contributed by atoms with Crippen LogP contribution in [0.15, 0.2) is 24.4 Å². The number of amides is 1. The monoisotopic (exact) mass is 320 g/mol. The van der Waals surface area contributed by atoms with Crippen molar-refractivity contribution in [2.75, 3.05) is 11.9 Å². The van der Waals surface area contributed by atoms with Gasteiger partial charge in [0.2, 0.25) is 0 Å². The maximum absolute atomic E-state index is 12.4. The summed E-state index contributed by atoms with van der Waals surface area (Å²) in [6, 6.07) is 5.82. The molecule has 0 atom stereocenters. The summed E-state index contributed by atoms with van der Waals surface area (Å²) in [4.78, 5) is 12.3. The number of fused-ring (bicyclic) bond motifs is 1. The van der Waals surface area contributed by atoms with Gasteiger partial charge in [-0.1, -0.05) is 6.07 Å². The van der Waals surface area contributed by atoms with Crippen LogP contribution >= 0.6 is 0 Å². The van der Waals surface area contributed by atoms with Gasteiger partial charge in [-0.05, 0) is 43.1 Å². The average molecular weight is 320 g/mol. The summed E-state index contributed by atoms with van der Waals surface area (Å²) in [6.45, 7) is 2.86. The van der Waals surface area contributed by atoms with Crippen molar-refractivity contribution in [3.63, 3.8) is 0 Å². The van der Waals surface area contributed by atoms with Crippen LogP contribution in [0.25, 0.3) is 0 Å². The fourth-order valence-electron chi connectivity index (χ4n) is 2.73. The third-order valence-electron chi connectivity index (χ3n) is 3.87. The van der Waals surface area contributed by atoms with Crippen molar-refractivity contribution in [3.05, 3.63) is 46.8 Å². The predicted molar refractivity (Wildman–Crippen MR) is 82.8 cm³/mol. The molecule has 23 heavy (non-hydrogen) atoms. The summed E-state index contributed by atoms with van der Waals surface area (Å²) < 4.78 is 25.9. The van der Waals surface area contributed by atoms with Crippen molar-refractivity contribution in [3.8, 4) is 0 Å². The van der Waals surface area contributed by atoms with Crippen molar-refractivity contribution in [1.29, 1.82) is 0 Å². The molecule has 2 N–H and O–H groups in total. The fraction of sp³-hybridized carbons (Fsp3) is 0.375. The van der Waals surface area contributed by atoms with Gasteiger partial charge in [-0.2, -0.15) is 5.10 Å². The maximum atomic E-state index is 12.4. The Labute approximate surface area is 132 Å². The zero-order valence-electron chi connectivity index (χ0n) is 12.8. The van der Waals surface area contributed by atoms with Crippen LogP contribution in [0, 0.1) is 6.92 Å². The highest BCUT2D eigenvalue weighted by Gasteiger charge is 2.16. The predicted octanol–water partition coefficient (Wildman–Crippen LogP) is 2.35. The van der Waals surface area contributed by atoms with Crippen molar-refractivity contribution in [1.82, 2.24) is 15.1 Å². The Morgan fingerprint density at radius 3 is 3.04 bits per heavy atom. The zero-order valence-corrected chi connectivity index (χ0v) is 12.8. The number of aryl methyl sites for hydroxylation is 1. The number of nitrogens with zero attached hydrogens (tertiary/aromatic N) is 2. The molecule has 2 aromatic rings. The molecular formula is C16H18F2N4O. The van der Waals surface area contributed by atoms with Gasteiger partial charge in [-0.15, -0.1) is 0 Å². The van der Waals surface area contributed by atoms with Crippen LogP contribution in [0.5, 0.6) is 0 Å². The van der Waals surface area contributed by atoms with Gasteiger partial charge in [-0.3, -0.25) is 9.48 Å². The topological polar surface area (TPSA) is 59.0 Å². The third kappa shape index (κ3) is 3.56. The van der Waals surface area contributed by atoms with E-state index in [-0.39, 0.29) is 5.91 Å². The molecule has 1 amide bonds. The second kappa shape index (κ2) is 6.45. The van der Waals surface area contributed by atoms with E-state index in [1.807, 2.05) is 18.2 Å². The molecule has 0 fully saturated rings. The normalized spacial score (nSPS) is 13.9. The largest absolute Gasteiger partial charge is 0.322 e. The van der Waals surface area contributed by atoms with Crippen LogP contribution in [0.2, 0.25) is 0 Å². The molecule has 1 aliphatic rings. The summed E-state index contributed by atoms with van der Waals surface area (Å²) in [7, 11) is 0. The Balaban J connectivity index is 1.75. The molecule has 5 nitrogen and oxygen atoms in total. The molecule has 122 valence electrons. The Morgan fingerprint density at radius 1 is 1.43 bits per heavy atom. The highest BCUT2D eigenvalue weighted by molar-refractivity contribution is 6.04. The van der Waals surface area contributed by atoms with Crippen LogP contribution in [0.4, 0.5) is 14.5 Å². The lowest BCUT2D eigenvalue weighted by Gasteiger charge is -2.18. The van der Waals surface area contributed by atoms with Gasteiger partial charge < -0.3 is 10.6 Å². The van der Waals surface area contributed by atoms with E-state index < -0.39 is 13.0 Å². The van der Waals surface area contributed by atoms with Crippen LogP contribution < -0.4 is 10.6 Å². The Morgan fingerprint density at radius 2 is 2.26 bits per heavy atom. The van der Waals surface area contributed by atoms with Gasteiger partial charge >= 0.3 is 0 Å². The molecule has 7 heteroatoms. The van der Waals surface area contributed by atoms with Crippen molar-refractivity contribution < 1.29 is 13.6 Å². The van der Waals surface area contributed by atoms with E-state index in [1.54, 1.807) is 6.92 Å². The number of aromatic nitrogens is 2. The third-order valence-corrected chi connectivity index (χ3v) is 3.87. The van der Waals surface area contributed by atoms with Crippen LogP contribution in [-0.4, -0.2) is 28.7 Å². The number of nitrogens with one attached hydrogen (secondary N) is 2. The van der Waals surface area contributed by atoms with Crippen molar-refractivity contribution >= 4 is 11.6 Å². The number of hydrogen-bond donors (Lipinski definition) is 2. The molecule has 0 spiro atoms. The minimum Gasteiger partial charge on any atom is -0.322 e. The summed E-state index contributed by atoms with van der Waals surface area (Å²) in [5.41, 5.74) is 3.88. The maximum Gasteiger partial charge on any atom is 0.259 e. The summed E-state index contributed by atoms with van der Waals surface area (Å²) in [6.07, 6.45) is -0.168. The second-order valence-corrected chi connectivity index (χ2v) is 5.61. The highest BCUT2D eigenvalue weighted by atomic mass is 19.3. The van der Waals surface area contributed by atoms with Gasteiger partial charge in [0.15, 0.2) is 0 Å². The smallest absolute Gasteiger partial charge is 0.259 e. The summed E-state index contributed by atoms with van der Waals surface area (Å²) >= 11 is 0. The second-order valence-electron chi connectivity index (χ2n) is 5.61. The van der Waals surface area contributed by atoms with Gasteiger partial charge in [0.1, 0.15) is 6.54 Å². The molecular weight excluding hydrogens is 302 g/mol. The fourth-order valence-corrected chi connectivity index (χ4v) is 2.73. The number of carbonyl (C=O) groups excluding carboxylic acids is 1. The Bertz CT molecular complexity index is 727. The van der Waals surface area contributed by atoms with E-state index in [4.69, 9.17) is 0 Å². The number of halogens is 2. The first-order chi connectivity index (χ1) is 11.0. The first-order valence-electron chi connectivity index (χ1n) is 7.49. The van der Waals surface area contributed by atoms with Crippen LogP contribution in [0.3, 0.4) is 0 Å². The minimum absolute atomic E-state index is 0.307. The number of carbonyl (C=O) groups is 1. The van der Waals surface area contributed by atoms with Crippen LogP contribution in [0.1, 0.15) is 27.2 Å². The SMILES string of the molecule is Cc1nn(CC(F)F)cc1C(=O)Nc1ccc2c(c1)CNCC2. The highest BCUT2D eigenvalue weighted by Crippen LogP contribution is 2.20.